The van der Waals surface area contributed by atoms with E-state index in [1.54, 1.807) is 6.20 Å². The van der Waals surface area contributed by atoms with Crippen molar-refractivity contribution < 1.29 is 4.74 Å². The summed E-state index contributed by atoms with van der Waals surface area (Å²) in [5.41, 5.74) is 7.03. The standard InChI is InChI=1S/C12H18N4O/c1-16(9-4-7-17-8-5-9)10-3-2-6-15-11(10)12(13)14/h2-3,6,9H,4-5,7-8H2,1H3,(H3,13,14). The van der Waals surface area contributed by atoms with Gasteiger partial charge in [-0.15, -0.1) is 0 Å². The van der Waals surface area contributed by atoms with Crippen LogP contribution >= 0.6 is 0 Å². The molecule has 0 radical (unpaired) electrons. The lowest BCUT2D eigenvalue weighted by molar-refractivity contribution is 0.0855. The summed E-state index contributed by atoms with van der Waals surface area (Å²) < 4.78 is 5.35. The van der Waals surface area contributed by atoms with Gasteiger partial charge in [0.2, 0.25) is 0 Å². The van der Waals surface area contributed by atoms with Crippen LogP contribution in [0.2, 0.25) is 0 Å². The van der Waals surface area contributed by atoms with E-state index >= 15 is 0 Å². The van der Waals surface area contributed by atoms with Crippen LogP contribution in [0.25, 0.3) is 0 Å². The molecule has 1 aliphatic heterocycles. The smallest absolute Gasteiger partial charge is 0.143 e. The Kier molecular flexibility index (Phi) is 3.58. The molecular weight excluding hydrogens is 216 g/mol. The molecule has 0 unspecified atom stereocenters. The SMILES string of the molecule is CN(c1cccnc1C(=N)N)C1CCOCC1. The number of nitrogens with zero attached hydrogens (tertiary/aromatic N) is 2. The van der Waals surface area contributed by atoms with Gasteiger partial charge in [-0.2, -0.15) is 0 Å². The van der Waals surface area contributed by atoms with Crippen molar-refractivity contribution in [2.75, 3.05) is 25.2 Å². The van der Waals surface area contributed by atoms with Gasteiger partial charge in [-0.3, -0.25) is 10.4 Å². The van der Waals surface area contributed by atoms with E-state index in [-0.39, 0.29) is 5.84 Å². The van der Waals surface area contributed by atoms with Crippen molar-refractivity contribution in [2.45, 2.75) is 18.9 Å². The fourth-order valence-corrected chi connectivity index (χ4v) is 2.16. The summed E-state index contributed by atoms with van der Waals surface area (Å²) in [6, 6.07) is 4.27. The summed E-state index contributed by atoms with van der Waals surface area (Å²) >= 11 is 0. The van der Waals surface area contributed by atoms with Gasteiger partial charge in [-0.05, 0) is 25.0 Å². The predicted molar refractivity (Wildman–Crippen MR) is 67.5 cm³/mol. The number of anilines is 1. The number of hydrogen-bond donors (Lipinski definition) is 2. The molecule has 17 heavy (non-hydrogen) atoms. The van der Waals surface area contributed by atoms with Crippen molar-refractivity contribution in [1.82, 2.24) is 4.98 Å². The Morgan fingerprint density at radius 1 is 1.53 bits per heavy atom. The molecule has 2 rings (SSSR count). The van der Waals surface area contributed by atoms with Crippen molar-refractivity contribution in [2.24, 2.45) is 5.73 Å². The number of rotatable bonds is 3. The van der Waals surface area contributed by atoms with Gasteiger partial charge in [0.1, 0.15) is 11.5 Å². The molecule has 0 bridgehead atoms. The van der Waals surface area contributed by atoms with E-state index in [1.165, 1.54) is 0 Å². The highest BCUT2D eigenvalue weighted by Crippen LogP contribution is 2.23. The Bertz CT molecular complexity index is 401. The van der Waals surface area contributed by atoms with Crippen LogP contribution in [0, 0.1) is 5.41 Å². The summed E-state index contributed by atoms with van der Waals surface area (Å²) in [7, 11) is 2.03. The molecule has 0 amide bonds. The molecule has 3 N–H and O–H groups in total. The normalized spacial score (nSPS) is 16.8. The summed E-state index contributed by atoms with van der Waals surface area (Å²) in [5, 5.41) is 7.55. The lowest BCUT2D eigenvalue weighted by Crippen LogP contribution is -2.38. The molecule has 1 aromatic rings. The average Bonchev–Trinajstić information content (AvgIpc) is 2.39. The Hall–Kier alpha value is -1.62. The van der Waals surface area contributed by atoms with E-state index in [0.29, 0.717) is 11.7 Å². The minimum Gasteiger partial charge on any atom is -0.382 e. The zero-order chi connectivity index (χ0) is 12.3. The molecule has 0 aromatic carbocycles. The number of amidine groups is 1. The van der Waals surface area contributed by atoms with E-state index in [4.69, 9.17) is 15.9 Å². The van der Waals surface area contributed by atoms with Gasteiger partial charge in [-0.1, -0.05) is 0 Å². The first kappa shape index (κ1) is 11.9. The van der Waals surface area contributed by atoms with Crippen LogP contribution in [0.4, 0.5) is 5.69 Å². The van der Waals surface area contributed by atoms with Crippen LogP contribution in [0.1, 0.15) is 18.5 Å². The highest BCUT2D eigenvalue weighted by molar-refractivity contribution is 5.98. The Labute approximate surface area is 101 Å². The minimum atomic E-state index is 0.0134. The second-order valence-electron chi connectivity index (χ2n) is 4.24. The summed E-state index contributed by atoms with van der Waals surface area (Å²) in [5.74, 6) is 0.0134. The number of nitrogens with two attached hydrogens (primary N) is 1. The van der Waals surface area contributed by atoms with Crippen LogP contribution in [0.15, 0.2) is 18.3 Å². The van der Waals surface area contributed by atoms with Crippen molar-refractivity contribution in [3.63, 3.8) is 0 Å². The maximum absolute atomic E-state index is 7.55. The summed E-state index contributed by atoms with van der Waals surface area (Å²) in [6.45, 7) is 1.59. The topological polar surface area (TPSA) is 75.2 Å². The Morgan fingerprint density at radius 2 is 2.24 bits per heavy atom. The van der Waals surface area contributed by atoms with Crippen LogP contribution < -0.4 is 10.6 Å². The molecule has 5 heteroatoms. The predicted octanol–water partition coefficient (Wildman–Crippen LogP) is 0.981. The fourth-order valence-electron chi connectivity index (χ4n) is 2.16. The molecule has 1 saturated heterocycles. The molecule has 2 heterocycles. The second-order valence-corrected chi connectivity index (χ2v) is 4.24. The average molecular weight is 234 g/mol. The molecule has 5 nitrogen and oxygen atoms in total. The highest BCUT2D eigenvalue weighted by atomic mass is 16.5. The number of nitrogen functional groups attached to an aromatic ring is 1. The third-order valence-electron chi connectivity index (χ3n) is 3.16. The number of pyridine rings is 1. The molecule has 92 valence electrons. The monoisotopic (exact) mass is 234 g/mol. The van der Waals surface area contributed by atoms with Crippen molar-refractivity contribution in [1.29, 1.82) is 5.41 Å². The van der Waals surface area contributed by atoms with Crippen molar-refractivity contribution in [3.8, 4) is 0 Å². The van der Waals surface area contributed by atoms with Crippen LogP contribution in [0.5, 0.6) is 0 Å². The maximum atomic E-state index is 7.55. The van der Waals surface area contributed by atoms with Crippen molar-refractivity contribution in [3.05, 3.63) is 24.0 Å². The van der Waals surface area contributed by atoms with Crippen LogP contribution in [-0.4, -0.2) is 37.1 Å². The fraction of sp³-hybridized carbons (Fsp3) is 0.500. The summed E-state index contributed by atoms with van der Waals surface area (Å²) in [4.78, 5) is 6.33. The zero-order valence-electron chi connectivity index (χ0n) is 10.0. The first-order valence-corrected chi connectivity index (χ1v) is 5.80. The maximum Gasteiger partial charge on any atom is 0.143 e. The molecule has 0 spiro atoms. The lowest BCUT2D eigenvalue weighted by atomic mass is 10.1. The number of hydrogen-bond acceptors (Lipinski definition) is 4. The Balaban J connectivity index is 2.23. The largest absolute Gasteiger partial charge is 0.382 e. The quantitative estimate of drug-likeness (QED) is 0.604. The Morgan fingerprint density at radius 3 is 2.88 bits per heavy atom. The molecule has 1 aromatic heterocycles. The number of ether oxygens (including phenoxy) is 1. The molecule has 0 saturated carbocycles. The molecule has 0 aliphatic carbocycles. The molecule has 1 aliphatic rings. The minimum absolute atomic E-state index is 0.0134. The highest BCUT2D eigenvalue weighted by Gasteiger charge is 2.21. The van der Waals surface area contributed by atoms with Gasteiger partial charge >= 0.3 is 0 Å². The lowest BCUT2D eigenvalue weighted by Gasteiger charge is -2.33. The van der Waals surface area contributed by atoms with Gasteiger partial charge in [0.25, 0.3) is 0 Å². The van der Waals surface area contributed by atoms with Crippen LogP contribution in [-0.2, 0) is 4.74 Å². The van der Waals surface area contributed by atoms with Crippen molar-refractivity contribution >= 4 is 11.5 Å². The summed E-state index contributed by atoms with van der Waals surface area (Å²) in [6.07, 6.45) is 3.67. The van der Waals surface area contributed by atoms with Gasteiger partial charge in [0, 0.05) is 32.5 Å². The first-order chi connectivity index (χ1) is 8.20. The zero-order valence-corrected chi connectivity index (χ0v) is 10.0. The molecule has 1 fully saturated rings. The van der Waals surface area contributed by atoms with E-state index in [0.717, 1.165) is 31.7 Å². The van der Waals surface area contributed by atoms with Crippen LogP contribution in [0.3, 0.4) is 0 Å². The van der Waals surface area contributed by atoms with E-state index in [2.05, 4.69) is 9.88 Å². The van der Waals surface area contributed by atoms with E-state index in [9.17, 15) is 0 Å². The number of nitrogens with one attached hydrogen (secondary N) is 1. The third-order valence-corrected chi connectivity index (χ3v) is 3.16. The van der Waals surface area contributed by atoms with Gasteiger partial charge in [0.05, 0.1) is 5.69 Å². The van der Waals surface area contributed by atoms with Gasteiger partial charge in [0.15, 0.2) is 0 Å². The van der Waals surface area contributed by atoms with E-state index in [1.807, 2.05) is 19.2 Å². The molecular formula is C12H18N4O. The second kappa shape index (κ2) is 5.14. The first-order valence-electron chi connectivity index (χ1n) is 5.80. The third kappa shape index (κ3) is 2.55. The van der Waals surface area contributed by atoms with E-state index < -0.39 is 0 Å². The van der Waals surface area contributed by atoms with Gasteiger partial charge < -0.3 is 15.4 Å². The molecule has 0 atom stereocenters. The van der Waals surface area contributed by atoms with Gasteiger partial charge in [-0.25, -0.2) is 0 Å². The number of aromatic nitrogens is 1.